The number of aromatic nitrogens is 2. The van der Waals surface area contributed by atoms with Crippen molar-refractivity contribution in [2.24, 2.45) is 7.05 Å². The molecule has 0 saturated heterocycles. The number of thioether (sulfide) groups is 1. The van der Waals surface area contributed by atoms with Crippen molar-refractivity contribution in [3.05, 3.63) is 34.4 Å². The Morgan fingerprint density at radius 1 is 1.22 bits per heavy atom. The van der Waals surface area contributed by atoms with Gasteiger partial charge >= 0.3 is 5.97 Å². The molecule has 1 aromatic heterocycles. The van der Waals surface area contributed by atoms with Gasteiger partial charge in [0.25, 0.3) is 0 Å². The lowest BCUT2D eigenvalue weighted by atomic mass is 9.80. The third kappa shape index (κ3) is 4.29. The van der Waals surface area contributed by atoms with E-state index in [-0.39, 0.29) is 11.8 Å². The summed E-state index contributed by atoms with van der Waals surface area (Å²) < 4.78 is 7.40. The van der Waals surface area contributed by atoms with E-state index >= 15 is 0 Å². The molecule has 0 amide bonds. The van der Waals surface area contributed by atoms with E-state index < -0.39 is 5.92 Å². The molecule has 0 radical (unpaired) electrons. The number of carbonyl (C=O) groups excluding carboxylic acids is 2. The van der Waals surface area contributed by atoms with Crippen LogP contribution in [0.15, 0.2) is 33.9 Å². The van der Waals surface area contributed by atoms with E-state index in [0.29, 0.717) is 24.2 Å². The smallest absolute Gasteiger partial charge is 0.336 e. The largest absolute Gasteiger partial charge is 0.462 e. The van der Waals surface area contributed by atoms with E-state index in [1.807, 2.05) is 45.6 Å². The Hall–Kier alpha value is -2.02. The number of ketones is 1. The summed E-state index contributed by atoms with van der Waals surface area (Å²) in [6.07, 6.45) is 5.65. The summed E-state index contributed by atoms with van der Waals surface area (Å²) in [4.78, 5) is 30.3. The average molecular weight is 392 g/mol. The molecule has 0 fully saturated rings. The zero-order valence-corrected chi connectivity index (χ0v) is 17.8. The van der Waals surface area contributed by atoms with Crippen molar-refractivity contribution in [2.75, 3.05) is 12.9 Å². The third-order valence-electron chi connectivity index (χ3n) is 4.65. The third-order valence-corrected chi connectivity index (χ3v) is 5.40. The lowest BCUT2D eigenvalue weighted by molar-refractivity contribution is -0.139. The summed E-state index contributed by atoms with van der Waals surface area (Å²) in [5.41, 5.74) is 3.45. The van der Waals surface area contributed by atoms with Crippen LogP contribution < -0.4 is 5.32 Å². The van der Waals surface area contributed by atoms with Gasteiger partial charge in [-0.1, -0.05) is 25.6 Å². The fourth-order valence-corrected chi connectivity index (χ4v) is 3.96. The maximum absolute atomic E-state index is 13.0. The van der Waals surface area contributed by atoms with Crippen LogP contribution in [0.2, 0.25) is 0 Å². The number of rotatable bonds is 8. The van der Waals surface area contributed by atoms with Crippen molar-refractivity contribution in [2.45, 2.75) is 58.0 Å². The molecule has 0 saturated carbocycles. The van der Waals surface area contributed by atoms with Gasteiger partial charge < -0.3 is 14.6 Å². The van der Waals surface area contributed by atoms with Crippen LogP contribution in [0.5, 0.6) is 0 Å². The fourth-order valence-electron chi connectivity index (χ4n) is 3.43. The van der Waals surface area contributed by atoms with Crippen molar-refractivity contribution < 1.29 is 14.3 Å². The minimum absolute atomic E-state index is 0.0488. The molecule has 0 bridgehead atoms. The first-order chi connectivity index (χ1) is 12.9. The number of hydrogen-bond acceptors (Lipinski definition) is 6. The van der Waals surface area contributed by atoms with Crippen molar-refractivity contribution in [3.8, 4) is 0 Å². The predicted octanol–water partition coefficient (Wildman–Crippen LogP) is 3.70. The molecular formula is C20H29N3O3S. The summed E-state index contributed by atoms with van der Waals surface area (Å²) in [6.45, 7) is 8.03. The van der Waals surface area contributed by atoms with Gasteiger partial charge in [0, 0.05) is 30.4 Å². The van der Waals surface area contributed by atoms with Gasteiger partial charge in [0.2, 0.25) is 0 Å². The number of carbonyl (C=O) groups is 2. The zero-order chi connectivity index (χ0) is 20.1. The maximum Gasteiger partial charge on any atom is 0.336 e. The standard InChI is InChI=1S/C20H29N3O3S/c1-7-9-15(24)16-12(3)22-13(4)17(19(25)26-10-8-2)18(16)14-11-21-20(27-6)23(14)5/h11,18,22H,7-10H2,1-6H3. The first-order valence-electron chi connectivity index (χ1n) is 9.31. The molecule has 2 rings (SSSR count). The molecule has 0 aromatic carbocycles. The minimum Gasteiger partial charge on any atom is -0.462 e. The summed E-state index contributed by atoms with van der Waals surface area (Å²) in [7, 11) is 1.91. The van der Waals surface area contributed by atoms with Gasteiger partial charge in [-0.2, -0.15) is 0 Å². The number of esters is 1. The molecule has 0 aliphatic carbocycles. The second-order valence-electron chi connectivity index (χ2n) is 6.67. The molecule has 2 heterocycles. The number of hydrogen-bond donors (Lipinski definition) is 1. The van der Waals surface area contributed by atoms with Crippen LogP contribution in [0, 0.1) is 0 Å². The molecule has 1 aliphatic rings. The van der Waals surface area contributed by atoms with Crippen LogP contribution >= 0.6 is 11.8 Å². The van der Waals surface area contributed by atoms with Gasteiger partial charge in [0.05, 0.1) is 30.0 Å². The highest BCUT2D eigenvalue weighted by molar-refractivity contribution is 7.98. The van der Waals surface area contributed by atoms with Gasteiger partial charge in [0.1, 0.15) is 0 Å². The second-order valence-corrected chi connectivity index (χ2v) is 7.45. The van der Waals surface area contributed by atoms with Crippen LogP contribution in [0.25, 0.3) is 0 Å². The summed E-state index contributed by atoms with van der Waals surface area (Å²) in [5, 5.41) is 4.05. The highest BCUT2D eigenvalue weighted by atomic mass is 32.2. The number of nitrogens with zero attached hydrogens (tertiary/aromatic N) is 2. The number of dihydropyridines is 1. The Morgan fingerprint density at radius 3 is 2.44 bits per heavy atom. The first kappa shape index (κ1) is 21.3. The van der Waals surface area contributed by atoms with E-state index in [2.05, 4.69) is 10.3 Å². The summed E-state index contributed by atoms with van der Waals surface area (Å²) >= 11 is 1.53. The zero-order valence-electron chi connectivity index (χ0n) is 17.0. The van der Waals surface area contributed by atoms with E-state index in [4.69, 9.17) is 4.74 Å². The average Bonchev–Trinajstić information content (AvgIpc) is 2.99. The number of allylic oxidation sites excluding steroid dienone is 3. The van der Waals surface area contributed by atoms with Crippen molar-refractivity contribution in [3.63, 3.8) is 0 Å². The molecule has 1 aliphatic heterocycles. The minimum atomic E-state index is -0.479. The van der Waals surface area contributed by atoms with E-state index in [1.165, 1.54) is 11.8 Å². The molecule has 0 spiro atoms. The summed E-state index contributed by atoms with van der Waals surface area (Å²) in [6, 6.07) is 0. The van der Waals surface area contributed by atoms with Crippen LogP contribution in [-0.4, -0.2) is 34.2 Å². The van der Waals surface area contributed by atoms with Crippen LogP contribution in [-0.2, 0) is 21.4 Å². The lowest BCUT2D eigenvalue weighted by Gasteiger charge is -2.31. The highest BCUT2D eigenvalue weighted by Gasteiger charge is 2.38. The van der Waals surface area contributed by atoms with Gasteiger partial charge in [-0.25, -0.2) is 9.78 Å². The molecule has 148 valence electrons. The molecule has 7 heteroatoms. The Labute approximate surface area is 165 Å². The number of imidazole rings is 1. The fraction of sp³-hybridized carbons (Fsp3) is 0.550. The number of Topliss-reactive ketones (excluding diaryl/α,β-unsaturated/α-hetero) is 1. The van der Waals surface area contributed by atoms with E-state index in [1.54, 1.807) is 6.20 Å². The topological polar surface area (TPSA) is 73.2 Å². The van der Waals surface area contributed by atoms with Crippen LogP contribution in [0.1, 0.15) is 58.6 Å². The van der Waals surface area contributed by atoms with Crippen molar-refractivity contribution in [1.29, 1.82) is 0 Å². The lowest BCUT2D eigenvalue weighted by Crippen LogP contribution is -2.32. The Balaban J connectivity index is 2.63. The SMILES string of the molecule is CCCOC(=O)C1=C(C)NC(C)=C(C(=O)CCC)C1c1cnc(SC)n1C. The van der Waals surface area contributed by atoms with Crippen molar-refractivity contribution >= 4 is 23.5 Å². The molecule has 1 atom stereocenters. The Bertz CT molecular complexity index is 792. The molecule has 1 aromatic rings. The van der Waals surface area contributed by atoms with Gasteiger partial charge in [0.15, 0.2) is 10.9 Å². The Kier molecular flexibility index (Phi) is 7.30. The van der Waals surface area contributed by atoms with E-state index in [0.717, 1.165) is 35.1 Å². The number of ether oxygens (including phenoxy) is 1. The normalized spacial score (nSPS) is 17.2. The van der Waals surface area contributed by atoms with Crippen molar-refractivity contribution in [1.82, 2.24) is 14.9 Å². The predicted molar refractivity (Wildman–Crippen MR) is 107 cm³/mol. The maximum atomic E-state index is 13.0. The highest BCUT2D eigenvalue weighted by Crippen LogP contribution is 2.40. The van der Waals surface area contributed by atoms with Gasteiger partial charge in [-0.15, -0.1) is 0 Å². The molecular weight excluding hydrogens is 362 g/mol. The second kappa shape index (κ2) is 9.26. The quantitative estimate of drug-likeness (QED) is 0.538. The van der Waals surface area contributed by atoms with Gasteiger partial charge in [-0.3, -0.25) is 4.79 Å². The Morgan fingerprint density at radius 2 is 1.89 bits per heavy atom. The van der Waals surface area contributed by atoms with Crippen LogP contribution in [0.3, 0.4) is 0 Å². The molecule has 6 nitrogen and oxygen atoms in total. The van der Waals surface area contributed by atoms with Crippen LogP contribution in [0.4, 0.5) is 0 Å². The molecule has 27 heavy (non-hydrogen) atoms. The monoisotopic (exact) mass is 391 g/mol. The number of nitrogens with one attached hydrogen (secondary N) is 1. The van der Waals surface area contributed by atoms with Gasteiger partial charge in [-0.05, 0) is 32.9 Å². The van der Waals surface area contributed by atoms with E-state index in [9.17, 15) is 9.59 Å². The molecule has 1 unspecified atom stereocenters. The first-order valence-corrected chi connectivity index (χ1v) is 10.5. The molecule has 1 N–H and O–H groups in total. The summed E-state index contributed by atoms with van der Waals surface area (Å²) in [5.74, 6) is -0.811.